The molecule has 0 aromatic rings. The maximum atomic E-state index is 11.8. The van der Waals surface area contributed by atoms with Gasteiger partial charge in [0.15, 0.2) is 0 Å². The molecule has 0 bridgehead atoms. The first-order valence-electron chi connectivity index (χ1n) is 7.53. The molecule has 0 aromatic heterocycles. The van der Waals surface area contributed by atoms with Crippen LogP contribution in [-0.2, 0) is 19.7 Å². The van der Waals surface area contributed by atoms with Crippen LogP contribution in [0.4, 0.5) is 0 Å². The molecule has 0 spiro atoms. The van der Waals surface area contributed by atoms with Gasteiger partial charge in [0, 0.05) is 26.2 Å². The van der Waals surface area contributed by atoms with Crippen molar-refractivity contribution in [2.45, 2.75) is 26.2 Å². The maximum absolute atomic E-state index is 11.8. The topological polar surface area (TPSA) is 95.0 Å². The SMILES string of the molecule is C=CC(=O)N(CCCC)CCN(CCCS(=O)(=O)O)C(=O)C=C. The molecule has 132 valence electrons. The van der Waals surface area contributed by atoms with Crippen molar-refractivity contribution >= 4 is 21.9 Å². The number of hydrogen-bond donors (Lipinski definition) is 1. The van der Waals surface area contributed by atoms with E-state index in [9.17, 15) is 18.0 Å². The molecule has 7 nitrogen and oxygen atoms in total. The van der Waals surface area contributed by atoms with Crippen molar-refractivity contribution in [2.24, 2.45) is 0 Å². The van der Waals surface area contributed by atoms with Gasteiger partial charge in [-0.1, -0.05) is 26.5 Å². The standard InChI is InChI=1S/C15H26N2O5S/c1-4-7-9-16(14(18)5-2)11-12-17(15(19)6-3)10-8-13-23(20,21)22/h5-6H,2-4,7-13H2,1H3,(H,20,21,22). The maximum Gasteiger partial charge on any atom is 0.264 e. The van der Waals surface area contributed by atoms with Crippen LogP contribution in [0, 0.1) is 0 Å². The quantitative estimate of drug-likeness (QED) is 0.422. The third kappa shape index (κ3) is 9.85. The molecule has 0 radical (unpaired) electrons. The minimum Gasteiger partial charge on any atom is -0.337 e. The zero-order valence-electron chi connectivity index (χ0n) is 13.6. The molecule has 0 aromatic carbocycles. The molecule has 0 aliphatic carbocycles. The highest BCUT2D eigenvalue weighted by Crippen LogP contribution is 2.01. The first-order valence-corrected chi connectivity index (χ1v) is 9.14. The summed E-state index contributed by atoms with van der Waals surface area (Å²) in [6.45, 7) is 10.2. The molecule has 8 heteroatoms. The third-order valence-corrected chi connectivity index (χ3v) is 4.03. The van der Waals surface area contributed by atoms with Crippen molar-refractivity contribution in [3.8, 4) is 0 Å². The van der Waals surface area contributed by atoms with E-state index in [1.54, 1.807) is 4.90 Å². The van der Waals surface area contributed by atoms with Gasteiger partial charge in [-0.25, -0.2) is 0 Å². The second-order valence-electron chi connectivity index (χ2n) is 5.05. The highest BCUT2D eigenvalue weighted by Gasteiger charge is 2.16. The molecule has 2 amide bonds. The van der Waals surface area contributed by atoms with Gasteiger partial charge in [-0.15, -0.1) is 0 Å². The van der Waals surface area contributed by atoms with Crippen LogP contribution in [0.2, 0.25) is 0 Å². The fourth-order valence-corrected chi connectivity index (χ4v) is 2.44. The Labute approximate surface area is 138 Å². The van der Waals surface area contributed by atoms with Gasteiger partial charge in [0.2, 0.25) is 11.8 Å². The average molecular weight is 346 g/mol. The number of amides is 2. The van der Waals surface area contributed by atoms with E-state index in [1.807, 2.05) is 6.92 Å². The predicted molar refractivity (Wildman–Crippen MR) is 89.5 cm³/mol. The van der Waals surface area contributed by atoms with Crippen LogP contribution in [0.5, 0.6) is 0 Å². The fraction of sp³-hybridized carbons (Fsp3) is 0.600. The Morgan fingerprint density at radius 2 is 1.39 bits per heavy atom. The summed E-state index contributed by atoms with van der Waals surface area (Å²) in [5, 5.41) is 0. The van der Waals surface area contributed by atoms with Crippen LogP contribution >= 0.6 is 0 Å². The van der Waals surface area contributed by atoms with Crippen LogP contribution in [0.1, 0.15) is 26.2 Å². The summed E-state index contributed by atoms with van der Waals surface area (Å²) in [7, 11) is -4.05. The third-order valence-electron chi connectivity index (χ3n) is 3.22. The molecule has 23 heavy (non-hydrogen) atoms. The fourth-order valence-electron chi connectivity index (χ4n) is 1.95. The van der Waals surface area contributed by atoms with E-state index in [0.717, 1.165) is 18.9 Å². The monoisotopic (exact) mass is 346 g/mol. The summed E-state index contributed by atoms with van der Waals surface area (Å²) in [6.07, 6.45) is 4.26. The van der Waals surface area contributed by atoms with Crippen molar-refractivity contribution in [1.82, 2.24) is 9.80 Å². The summed E-state index contributed by atoms with van der Waals surface area (Å²) >= 11 is 0. The van der Waals surface area contributed by atoms with Gasteiger partial charge in [-0.3, -0.25) is 14.1 Å². The zero-order valence-corrected chi connectivity index (χ0v) is 14.4. The first-order chi connectivity index (χ1) is 10.7. The van der Waals surface area contributed by atoms with E-state index in [-0.39, 0.29) is 31.3 Å². The van der Waals surface area contributed by atoms with E-state index >= 15 is 0 Å². The van der Waals surface area contributed by atoms with E-state index < -0.39 is 15.9 Å². The second-order valence-corrected chi connectivity index (χ2v) is 6.62. The van der Waals surface area contributed by atoms with Crippen molar-refractivity contribution in [3.05, 3.63) is 25.3 Å². The van der Waals surface area contributed by atoms with Gasteiger partial charge in [0.05, 0.1) is 5.75 Å². The molecule has 0 saturated heterocycles. The molecule has 0 aliphatic rings. The van der Waals surface area contributed by atoms with Gasteiger partial charge < -0.3 is 9.80 Å². The smallest absolute Gasteiger partial charge is 0.264 e. The van der Waals surface area contributed by atoms with Gasteiger partial charge in [-0.2, -0.15) is 8.42 Å². The Hall–Kier alpha value is -1.67. The molecule has 0 unspecified atom stereocenters. The van der Waals surface area contributed by atoms with Crippen LogP contribution in [0.3, 0.4) is 0 Å². The number of hydrogen-bond acceptors (Lipinski definition) is 4. The molecule has 0 aliphatic heterocycles. The minimum absolute atomic E-state index is 0.114. The van der Waals surface area contributed by atoms with E-state index in [1.165, 1.54) is 11.0 Å². The molecule has 0 atom stereocenters. The molecular formula is C15H26N2O5S. The second kappa shape index (κ2) is 11.0. The number of unbranched alkanes of at least 4 members (excludes halogenated alkanes) is 1. The minimum atomic E-state index is -4.05. The lowest BCUT2D eigenvalue weighted by Gasteiger charge is -2.26. The van der Waals surface area contributed by atoms with Crippen LogP contribution in [-0.4, -0.2) is 66.5 Å². The molecule has 0 heterocycles. The largest absolute Gasteiger partial charge is 0.337 e. The molecule has 0 rings (SSSR count). The summed E-state index contributed by atoms with van der Waals surface area (Å²) in [4.78, 5) is 26.6. The van der Waals surface area contributed by atoms with Crippen molar-refractivity contribution in [2.75, 3.05) is 31.9 Å². The number of nitrogens with zero attached hydrogens (tertiary/aromatic N) is 2. The lowest BCUT2D eigenvalue weighted by Crippen LogP contribution is -2.41. The van der Waals surface area contributed by atoms with Crippen molar-refractivity contribution < 1.29 is 22.6 Å². The molecule has 0 fully saturated rings. The summed E-state index contributed by atoms with van der Waals surface area (Å²) in [5.74, 6) is -0.969. The predicted octanol–water partition coefficient (Wildman–Crippen LogP) is 1.09. The molecule has 1 N–H and O–H groups in total. The Bertz CT molecular complexity index is 516. The Balaban J connectivity index is 4.66. The van der Waals surface area contributed by atoms with Gasteiger partial charge in [0.25, 0.3) is 10.1 Å². The number of carbonyl (C=O) groups excluding carboxylic acids is 2. The average Bonchev–Trinajstić information content (AvgIpc) is 2.50. The van der Waals surface area contributed by atoms with E-state index in [2.05, 4.69) is 13.2 Å². The number of rotatable bonds is 12. The lowest BCUT2D eigenvalue weighted by molar-refractivity contribution is -0.130. The number of carbonyl (C=O) groups is 2. The van der Waals surface area contributed by atoms with Crippen LogP contribution in [0.25, 0.3) is 0 Å². The zero-order chi connectivity index (χ0) is 17.9. The highest BCUT2D eigenvalue weighted by molar-refractivity contribution is 7.85. The van der Waals surface area contributed by atoms with Crippen LogP contribution in [0.15, 0.2) is 25.3 Å². The van der Waals surface area contributed by atoms with Crippen LogP contribution < -0.4 is 0 Å². The summed E-state index contributed by atoms with van der Waals surface area (Å²) < 4.78 is 30.2. The lowest BCUT2D eigenvalue weighted by atomic mass is 10.3. The Morgan fingerprint density at radius 3 is 1.74 bits per heavy atom. The van der Waals surface area contributed by atoms with Gasteiger partial charge in [0.1, 0.15) is 0 Å². The highest BCUT2D eigenvalue weighted by atomic mass is 32.2. The van der Waals surface area contributed by atoms with E-state index in [0.29, 0.717) is 13.1 Å². The summed E-state index contributed by atoms with van der Waals surface area (Å²) in [5.41, 5.74) is 0. The van der Waals surface area contributed by atoms with E-state index in [4.69, 9.17) is 4.55 Å². The van der Waals surface area contributed by atoms with Crippen molar-refractivity contribution in [3.63, 3.8) is 0 Å². The summed E-state index contributed by atoms with van der Waals surface area (Å²) in [6, 6.07) is 0. The first kappa shape index (κ1) is 21.3. The Kier molecular flexibility index (Phi) is 10.2. The van der Waals surface area contributed by atoms with Crippen molar-refractivity contribution in [1.29, 1.82) is 0 Å². The Morgan fingerprint density at radius 1 is 0.957 bits per heavy atom. The molecule has 0 saturated carbocycles. The van der Waals surface area contributed by atoms with Gasteiger partial charge in [-0.05, 0) is 25.0 Å². The van der Waals surface area contributed by atoms with Gasteiger partial charge >= 0.3 is 0 Å². The normalized spacial score (nSPS) is 10.9. The molecular weight excluding hydrogens is 320 g/mol.